The first-order valence-electron chi connectivity index (χ1n) is 4.46. The summed E-state index contributed by atoms with van der Waals surface area (Å²) in [4.78, 5) is 0. The molecule has 17 heavy (non-hydrogen) atoms. The van der Waals surface area contributed by atoms with E-state index in [-0.39, 0.29) is 5.56 Å². The third-order valence-electron chi connectivity index (χ3n) is 2.11. The van der Waals surface area contributed by atoms with Crippen molar-refractivity contribution in [1.82, 2.24) is 0 Å². The molecular formula is C10H6F3NO3. The van der Waals surface area contributed by atoms with Crippen molar-refractivity contribution in [1.29, 1.82) is 0 Å². The molecule has 0 radical (unpaired) electrons. The van der Waals surface area contributed by atoms with Gasteiger partial charge < -0.3 is 14.7 Å². The summed E-state index contributed by atoms with van der Waals surface area (Å²) < 4.78 is 49.4. The van der Waals surface area contributed by atoms with E-state index in [1.807, 2.05) is 0 Å². The van der Waals surface area contributed by atoms with Crippen molar-refractivity contribution >= 4 is 6.21 Å². The topological polar surface area (TPSA) is 51.1 Å². The van der Waals surface area contributed by atoms with Gasteiger partial charge in [0.2, 0.25) is 0 Å². The molecule has 0 saturated heterocycles. The van der Waals surface area contributed by atoms with Gasteiger partial charge in [0.15, 0.2) is 17.5 Å². The minimum atomic E-state index is -1.68. The molecular weight excluding hydrogens is 239 g/mol. The van der Waals surface area contributed by atoms with Crippen LogP contribution in [0.25, 0.3) is 0 Å². The average molecular weight is 245 g/mol. The Hall–Kier alpha value is -2.18. The number of nitrogens with zero attached hydrogens (tertiary/aromatic N) is 1. The van der Waals surface area contributed by atoms with Gasteiger partial charge in [-0.1, -0.05) is 5.16 Å². The van der Waals surface area contributed by atoms with Crippen molar-refractivity contribution in [2.24, 2.45) is 5.16 Å². The summed E-state index contributed by atoms with van der Waals surface area (Å²) >= 11 is 0. The van der Waals surface area contributed by atoms with Crippen LogP contribution in [0.15, 0.2) is 23.7 Å². The van der Waals surface area contributed by atoms with Gasteiger partial charge in [-0.2, -0.15) is 0 Å². The molecule has 0 spiro atoms. The lowest BCUT2D eigenvalue weighted by Crippen LogP contribution is -2.08. The van der Waals surface area contributed by atoms with Crippen molar-refractivity contribution in [2.45, 2.75) is 6.29 Å². The van der Waals surface area contributed by atoms with Gasteiger partial charge in [0, 0.05) is 5.56 Å². The van der Waals surface area contributed by atoms with E-state index in [0.29, 0.717) is 6.21 Å². The van der Waals surface area contributed by atoms with E-state index in [1.54, 1.807) is 0 Å². The molecule has 0 saturated carbocycles. The summed E-state index contributed by atoms with van der Waals surface area (Å²) in [6.07, 6.45) is 1.75. The van der Waals surface area contributed by atoms with Crippen molar-refractivity contribution in [3.8, 4) is 0 Å². The molecule has 1 aromatic rings. The van der Waals surface area contributed by atoms with E-state index in [1.165, 1.54) is 0 Å². The smallest absolute Gasteiger partial charge is 0.269 e. The second-order valence-electron chi connectivity index (χ2n) is 3.12. The number of ether oxygens (including phenoxy) is 2. The van der Waals surface area contributed by atoms with E-state index >= 15 is 0 Å². The first-order valence-corrected chi connectivity index (χ1v) is 4.46. The number of benzene rings is 1. The first-order chi connectivity index (χ1) is 8.15. The van der Waals surface area contributed by atoms with Crippen molar-refractivity contribution in [2.75, 3.05) is 0 Å². The van der Waals surface area contributed by atoms with E-state index in [4.69, 9.17) is 14.7 Å². The standard InChI is InChI=1S/C10H6F3NO3/c11-7-5(4-14-15)3-6(8(12)9(7)13)10-16-1-2-17-10/h1-4,10,15H. The van der Waals surface area contributed by atoms with Crippen LogP contribution in [0, 0.1) is 17.5 Å². The van der Waals surface area contributed by atoms with Crippen LogP contribution in [0.3, 0.4) is 0 Å². The molecule has 4 nitrogen and oxygen atoms in total. The minimum absolute atomic E-state index is 0.330. The Morgan fingerprint density at radius 3 is 2.35 bits per heavy atom. The van der Waals surface area contributed by atoms with Crippen molar-refractivity contribution < 1.29 is 27.9 Å². The largest absolute Gasteiger partial charge is 0.455 e. The summed E-state index contributed by atoms with van der Waals surface area (Å²) in [7, 11) is 0. The Morgan fingerprint density at radius 2 is 1.76 bits per heavy atom. The minimum Gasteiger partial charge on any atom is -0.455 e. The molecule has 0 atom stereocenters. The Balaban J connectivity index is 2.51. The van der Waals surface area contributed by atoms with Crippen molar-refractivity contribution in [3.05, 3.63) is 47.2 Å². The van der Waals surface area contributed by atoms with Crippen LogP contribution in [0.1, 0.15) is 17.4 Å². The molecule has 0 amide bonds. The van der Waals surface area contributed by atoms with Gasteiger partial charge in [0.1, 0.15) is 12.5 Å². The zero-order chi connectivity index (χ0) is 12.4. The SMILES string of the molecule is ON=Cc1cc(C2OC=CO2)c(F)c(F)c1F. The fourth-order valence-corrected chi connectivity index (χ4v) is 1.36. The molecule has 0 aliphatic carbocycles. The highest BCUT2D eigenvalue weighted by Crippen LogP contribution is 2.29. The molecule has 1 aliphatic rings. The third-order valence-corrected chi connectivity index (χ3v) is 2.11. The Labute approximate surface area is 93.6 Å². The summed E-state index contributed by atoms with van der Waals surface area (Å²) in [5.41, 5.74) is -0.746. The second-order valence-corrected chi connectivity index (χ2v) is 3.12. The molecule has 1 aliphatic heterocycles. The quantitative estimate of drug-likeness (QED) is 0.377. The summed E-state index contributed by atoms with van der Waals surface area (Å²) in [5, 5.41) is 10.8. The van der Waals surface area contributed by atoms with E-state index in [0.717, 1.165) is 18.6 Å². The maximum absolute atomic E-state index is 13.4. The summed E-state index contributed by atoms with van der Waals surface area (Å²) in [6, 6.07) is 0.936. The molecule has 1 heterocycles. The van der Waals surface area contributed by atoms with Crippen LogP contribution >= 0.6 is 0 Å². The summed E-state index contributed by atoms with van der Waals surface area (Å²) in [5.74, 6) is -4.54. The Kier molecular flexibility index (Phi) is 2.90. The van der Waals surface area contributed by atoms with Crippen LogP contribution in [0.2, 0.25) is 0 Å². The zero-order valence-electron chi connectivity index (χ0n) is 8.23. The number of hydrogen-bond acceptors (Lipinski definition) is 4. The Bertz CT molecular complexity index is 494. The van der Waals surface area contributed by atoms with Gasteiger partial charge in [-0.15, -0.1) is 0 Å². The summed E-state index contributed by atoms with van der Waals surface area (Å²) in [6.45, 7) is 0. The second kappa shape index (κ2) is 4.36. The maximum atomic E-state index is 13.4. The zero-order valence-corrected chi connectivity index (χ0v) is 8.23. The molecule has 2 rings (SSSR count). The predicted molar refractivity (Wildman–Crippen MR) is 49.7 cm³/mol. The lowest BCUT2D eigenvalue weighted by molar-refractivity contribution is -0.0276. The number of oxime groups is 1. The monoisotopic (exact) mass is 245 g/mol. The highest BCUT2D eigenvalue weighted by atomic mass is 19.2. The van der Waals surface area contributed by atoms with Gasteiger partial charge >= 0.3 is 0 Å². The van der Waals surface area contributed by atoms with Gasteiger partial charge in [0.05, 0.1) is 11.8 Å². The van der Waals surface area contributed by atoms with Crippen LogP contribution in [0.4, 0.5) is 13.2 Å². The third kappa shape index (κ3) is 1.91. The van der Waals surface area contributed by atoms with Gasteiger partial charge in [-0.05, 0) is 6.07 Å². The van der Waals surface area contributed by atoms with Crippen LogP contribution in [0.5, 0.6) is 0 Å². The van der Waals surface area contributed by atoms with E-state index in [2.05, 4.69) is 5.16 Å². The molecule has 7 heteroatoms. The predicted octanol–water partition coefficient (Wildman–Crippen LogP) is 2.43. The maximum Gasteiger partial charge on any atom is 0.269 e. The fourth-order valence-electron chi connectivity index (χ4n) is 1.36. The van der Waals surface area contributed by atoms with Gasteiger partial charge in [-0.25, -0.2) is 13.2 Å². The molecule has 0 aromatic heterocycles. The number of hydrogen-bond donors (Lipinski definition) is 1. The van der Waals surface area contributed by atoms with E-state index in [9.17, 15) is 13.2 Å². The fraction of sp³-hybridized carbons (Fsp3) is 0.100. The highest BCUT2D eigenvalue weighted by Gasteiger charge is 2.26. The molecule has 0 unspecified atom stereocenters. The molecule has 1 aromatic carbocycles. The highest BCUT2D eigenvalue weighted by molar-refractivity contribution is 5.79. The van der Waals surface area contributed by atoms with Crippen LogP contribution in [-0.4, -0.2) is 11.4 Å². The number of halogens is 3. The van der Waals surface area contributed by atoms with Gasteiger partial charge in [0.25, 0.3) is 6.29 Å². The lowest BCUT2D eigenvalue weighted by Gasteiger charge is -2.13. The van der Waals surface area contributed by atoms with E-state index < -0.39 is 29.3 Å². The van der Waals surface area contributed by atoms with Gasteiger partial charge in [-0.3, -0.25) is 0 Å². The normalized spacial score (nSPS) is 15.2. The Morgan fingerprint density at radius 1 is 1.12 bits per heavy atom. The number of rotatable bonds is 2. The van der Waals surface area contributed by atoms with Crippen LogP contribution < -0.4 is 0 Å². The first kappa shape index (κ1) is 11.3. The lowest BCUT2D eigenvalue weighted by atomic mass is 10.1. The molecule has 0 bridgehead atoms. The molecule has 1 N–H and O–H groups in total. The molecule has 90 valence electrons. The average Bonchev–Trinajstić information content (AvgIpc) is 2.83. The van der Waals surface area contributed by atoms with Crippen LogP contribution in [-0.2, 0) is 9.47 Å². The van der Waals surface area contributed by atoms with Crippen molar-refractivity contribution in [3.63, 3.8) is 0 Å². The molecule has 0 fully saturated rings.